The average Bonchev–Trinajstić information content (AvgIpc) is 2.68. The summed E-state index contributed by atoms with van der Waals surface area (Å²) in [4.78, 5) is 0. The Labute approximate surface area is 111 Å². The molecule has 2 heteroatoms. The molecule has 0 radical (unpaired) electrons. The van der Waals surface area contributed by atoms with Gasteiger partial charge in [-0.05, 0) is 49.4 Å². The minimum absolute atomic E-state index is 0.335. The fourth-order valence-electron chi connectivity index (χ4n) is 3.74. The molecule has 4 atom stereocenters. The minimum Gasteiger partial charge on any atom is -0.378 e. The summed E-state index contributed by atoms with van der Waals surface area (Å²) in [5.41, 5.74) is 0.335. The second-order valence-electron chi connectivity index (χ2n) is 6.87. The first-order valence-electron chi connectivity index (χ1n) is 7.24. The molecule has 4 unspecified atom stereocenters. The fourth-order valence-corrected chi connectivity index (χ4v) is 4.51. The topological polar surface area (TPSA) is 9.23 Å². The molecule has 2 fully saturated rings. The van der Waals surface area contributed by atoms with Crippen LogP contribution in [0.1, 0.15) is 59.3 Å². The van der Waals surface area contributed by atoms with Crippen molar-refractivity contribution in [3.05, 3.63) is 0 Å². The van der Waals surface area contributed by atoms with Gasteiger partial charge in [-0.15, -0.1) is 11.6 Å². The van der Waals surface area contributed by atoms with Gasteiger partial charge in [0, 0.05) is 12.0 Å². The smallest absolute Gasteiger partial charge is 0.0581 e. The summed E-state index contributed by atoms with van der Waals surface area (Å²) in [5.74, 6) is 1.48. The van der Waals surface area contributed by atoms with Crippen LogP contribution >= 0.6 is 11.6 Å². The Morgan fingerprint density at radius 2 is 2.00 bits per heavy atom. The van der Waals surface area contributed by atoms with Gasteiger partial charge in [0.1, 0.15) is 0 Å². The molecule has 0 spiro atoms. The van der Waals surface area contributed by atoms with Crippen LogP contribution in [-0.4, -0.2) is 18.1 Å². The van der Waals surface area contributed by atoms with Crippen LogP contribution in [-0.2, 0) is 4.74 Å². The predicted octanol–water partition coefficient (Wildman–Crippen LogP) is 4.63. The van der Waals surface area contributed by atoms with Crippen molar-refractivity contribution in [2.75, 3.05) is 6.61 Å². The maximum absolute atomic E-state index is 6.61. The van der Waals surface area contributed by atoms with Crippen molar-refractivity contribution in [3.63, 3.8) is 0 Å². The SMILES string of the molecule is CC1CCC(C(C)(C)CC2CCCO2)C(Cl)C1. The highest BCUT2D eigenvalue weighted by Gasteiger charge is 2.39. The summed E-state index contributed by atoms with van der Waals surface area (Å²) in [6.45, 7) is 8.08. The zero-order chi connectivity index (χ0) is 12.5. The van der Waals surface area contributed by atoms with Gasteiger partial charge in [0.05, 0.1) is 6.10 Å². The second-order valence-corrected chi connectivity index (χ2v) is 7.43. The van der Waals surface area contributed by atoms with Gasteiger partial charge in [0.25, 0.3) is 0 Å². The number of hydrogen-bond acceptors (Lipinski definition) is 1. The lowest BCUT2D eigenvalue weighted by molar-refractivity contribution is 0.0373. The lowest BCUT2D eigenvalue weighted by Gasteiger charge is -2.43. The fraction of sp³-hybridized carbons (Fsp3) is 1.00. The van der Waals surface area contributed by atoms with E-state index in [0.29, 0.717) is 22.8 Å². The summed E-state index contributed by atoms with van der Waals surface area (Å²) in [5, 5.41) is 0.371. The first kappa shape index (κ1) is 13.7. The molecule has 1 aliphatic carbocycles. The molecule has 1 nitrogen and oxygen atoms in total. The van der Waals surface area contributed by atoms with Gasteiger partial charge < -0.3 is 4.74 Å². The lowest BCUT2D eigenvalue weighted by Crippen LogP contribution is -2.38. The third-order valence-corrected chi connectivity index (χ3v) is 5.30. The van der Waals surface area contributed by atoms with E-state index < -0.39 is 0 Å². The summed E-state index contributed by atoms with van der Waals surface area (Å²) in [7, 11) is 0. The number of halogens is 1. The van der Waals surface area contributed by atoms with E-state index in [4.69, 9.17) is 16.3 Å². The number of ether oxygens (including phenoxy) is 1. The molecule has 1 saturated carbocycles. The molecule has 17 heavy (non-hydrogen) atoms. The standard InChI is InChI=1S/C15H27ClO/c1-11-6-7-13(14(16)9-11)15(2,3)10-12-5-4-8-17-12/h11-14H,4-10H2,1-3H3. The van der Waals surface area contributed by atoms with Gasteiger partial charge in [0.15, 0.2) is 0 Å². The number of hydrogen-bond donors (Lipinski definition) is 0. The van der Waals surface area contributed by atoms with Crippen LogP contribution in [0.3, 0.4) is 0 Å². The molecule has 1 aliphatic heterocycles. The van der Waals surface area contributed by atoms with Gasteiger partial charge in [-0.3, -0.25) is 0 Å². The van der Waals surface area contributed by atoms with Crippen molar-refractivity contribution < 1.29 is 4.74 Å². The van der Waals surface area contributed by atoms with Crippen LogP contribution in [0.5, 0.6) is 0 Å². The molecule has 0 aromatic heterocycles. The van der Waals surface area contributed by atoms with Crippen LogP contribution in [0.25, 0.3) is 0 Å². The van der Waals surface area contributed by atoms with Crippen molar-refractivity contribution in [3.8, 4) is 0 Å². The summed E-state index contributed by atoms with van der Waals surface area (Å²) < 4.78 is 5.79. The highest BCUT2D eigenvalue weighted by atomic mass is 35.5. The maximum Gasteiger partial charge on any atom is 0.0581 e. The predicted molar refractivity (Wildman–Crippen MR) is 73.5 cm³/mol. The largest absolute Gasteiger partial charge is 0.378 e. The quantitative estimate of drug-likeness (QED) is 0.671. The highest BCUT2D eigenvalue weighted by Crippen LogP contribution is 2.46. The molecule has 2 rings (SSSR count). The molecule has 2 aliphatic rings. The van der Waals surface area contributed by atoms with E-state index >= 15 is 0 Å². The molecule has 0 aromatic carbocycles. The number of alkyl halides is 1. The average molecular weight is 259 g/mol. The highest BCUT2D eigenvalue weighted by molar-refractivity contribution is 6.20. The van der Waals surface area contributed by atoms with Crippen LogP contribution in [0.4, 0.5) is 0 Å². The Balaban J connectivity index is 1.93. The minimum atomic E-state index is 0.335. The number of rotatable bonds is 3. The first-order valence-corrected chi connectivity index (χ1v) is 7.68. The Bertz CT molecular complexity index is 245. The van der Waals surface area contributed by atoms with Crippen LogP contribution in [0.15, 0.2) is 0 Å². The lowest BCUT2D eigenvalue weighted by atomic mass is 9.66. The van der Waals surface area contributed by atoms with Crippen LogP contribution in [0.2, 0.25) is 0 Å². The molecule has 0 bridgehead atoms. The van der Waals surface area contributed by atoms with E-state index in [2.05, 4.69) is 20.8 Å². The van der Waals surface area contributed by atoms with E-state index in [1.165, 1.54) is 38.5 Å². The van der Waals surface area contributed by atoms with E-state index in [9.17, 15) is 0 Å². The molecule has 1 heterocycles. The van der Waals surface area contributed by atoms with Crippen molar-refractivity contribution >= 4 is 11.6 Å². The monoisotopic (exact) mass is 258 g/mol. The van der Waals surface area contributed by atoms with Gasteiger partial charge in [0.2, 0.25) is 0 Å². The van der Waals surface area contributed by atoms with Gasteiger partial charge >= 0.3 is 0 Å². The Morgan fingerprint density at radius 1 is 1.24 bits per heavy atom. The Hall–Kier alpha value is 0.250. The van der Waals surface area contributed by atoms with Gasteiger partial charge in [-0.1, -0.05) is 27.2 Å². The molecule has 0 aromatic rings. The zero-order valence-electron chi connectivity index (χ0n) is 11.5. The van der Waals surface area contributed by atoms with Crippen molar-refractivity contribution in [1.29, 1.82) is 0 Å². The molecule has 100 valence electrons. The van der Waals surface area contributed by atoms with Gasteiger partial charge in [-0.25, -0.2) is 0 Å². The van der Waals surface area contributed by atoms with E-state index in [1.54, 1.807) is 0 Å². The van der Waals surface area contributed by atoms with E-state index in [-0.39, 0.29) is 0 Å². The van der Waals surface area contributed by atoms with Crippen LogP contribution < -0.4 is 0 Å². The van der Waals surface area contributed by atoms with E-state index in [0.717, 1.165) is 12.5 Å². The van der Waals surface area contributed by atoms with E-state index in [1.807, 2.05) is 0 Å². The van der Waals surface area contributed by atoms with Gasteiger partial charge in [-0.2, -0.15) is 0 Å². The summed E-state index contributed by atoms with van der Waals surface area (Å²) in [6, 6.07) is 0. The molecule has 0 N–H and O–H groups in total. The maximum atomic E-state index is 6.61. The van der Waals surface area contributed by atoms with Crippen molar-refractivity contribution in [2.45, 2.75) is 70.8 Å². The van der Waals surface area contributed by atoms with Crippen LogP contribution in [0, 0.1) is 17.3 Å². The summed E-state index contributed by atoms with van der Waals surface area (Å²) >= 11 is 6.61. The third kappa shape index (κ3) is 3.38. The zero-order valence-corrected chi connectivity index (χ0v) is 12.3. The summed E-state index contributed by atoms with van der Waals surface area (Å²) in [6.07, 6.45) is 8.02. The first-order chi connectivity index (χ1) is 7.99. The molecule has 0 amide bonds. The Kier molecular flexibility index (Phi) is 4.41. The Morgan fingerprint density at radius 3 is 2.59 bits per heavy atom. The molecule has 1 saturated heterocycles. The molecular weight excluding hydrogens is 232 g/mol. The normalized spacial score (nSPS) is 39.5. The van der Waals surface area contributed by atoms with Crippen molar-refractivity contribution in [1.82, 2.24) is 0 Å². The van der Waals surface area contributed by atoms with Crippen molar-refractivity contribution in [2.24, 2.45) is 17.3 Å². The molecular formula is C15H27ClO. The second kappa shape index (κ2) is 5.48. The third-order valence-electron chi connectivity index (χ3n) is 4.82.